The van der Waals surface area contributed by atoms with Crippen molar-refractivity contribution >= 4 is 10.9 Å². The summed E-state index contributed by atoms with van der Waals surface area (Å²) in [7, 11) is 1.68. The minimum Gasteiger partial charge on any atom is -0.497 e. The van der Waals surface area contributed by atoms with Crippen LogP contribution in [0.25, 0.3) is 22.4 Å². The van der Waals surface area contributed by atoms with Crippen LogP contribution in [0.15, 0.2) is 59.3 Å². The zero-order valence-corrected chi connectivity index (χ0v) is 16.9. The summed E-state index contributed by atoms with van der Waals surface area (Å²) in [4.78, 5) is 11.3. The fraction of sp³-hybridized carbons (Fsp3) is 0.304. The molecule has 1 saturated heterocycles. The average Bonchev–Trinajstić information content (AvgIpc) is 3.30. The molecule has 0 bridgehead atoms. The molecule has 1 aromatic carbocycles. The zero-order chi connectivity index (χ0) is 20.3. The Morgan fingerprint density at radius 2 is 1.87 bits per heavy atom. The molecular formula is C23H23N5O2. The van der Waals surface area contributed by atoms with Gasteiger partial charge in [0.15, 0.2) is 0 Å². The largest absolute Gasteiger partial charge is 0.497 e. The molecule has 4 heterocycles. The molecule has 0 saturated carbocycles. The monoisotopic (exact) mass is 401 g/mol. The van der Waals surface area contributed by atoms with Crippen molar-refractivity contribution < 1.29 is 9.15 Å². The van der Waals surface area contributed by atoms with Crippen LogP contribution in [-0.4, -0.2) is 45.3 Å². The number of rotatable bonds is 5. The number of ether oxygens (including phenoxy) is 1. The highest BCUT2D eigenvalue weighted by molar-refractivity contribution is 5.80. The average molecular weight is 401 g/mol. The zero-order valence-electron chi connectivity index (χ0n) is 16.9. The van der Waals surface area contributed by atoms with Crippen molar-refractivity contribution in [2.75, 3.05) is 20.2 Å². The summed E-state index contributed by atoms with van der Waals surface area (Å²) >= 11 is 0. The number of fused-ring (bicyclic) bond motifs is 1. The van der Waals surface area contributed by atoms with E-state index in [9.17, 15) is 0 Å². The van der Waals surface area contributed by atoms with Gasteiger partial charge in [-0.1, -0.05) is 6.07 Å². The van der Waals surface area contributed by atoms with Crippen LogP contribution in [0.3, 0.4) is 0 Å². The summed E-state index contributed by atoms with van der Waals surface area (Å²) in [5.74, 6) is 2.46. The van der Waals surface area contributed by atoms with Gasteiger partial charge in [-0.2, -0.15) is 0 Å². The first-order valence-electron chi connectivity index (χ1n) is 10.2. The first kappa shape index (κ1) is 18.7. The Morgan fingerprint density at radius 3 is 2.67 bits per heavy atom. The molecule has 0 amide bonds. The molecule has 0 aliphatic carbocycles. The van der Waals surface area contributed by atoms with Crippen LogP contribution in [0.5, 0.6) is 5.75 Å². The van der Waals surface area contributed by atoms with E-state index in [4.69, 9.17) is 14.1 Å². The highest BCUT2D eigenvalue weighted by Gasteiger charge is 2.25. The van der Waals surface area contributed by atoms with Gasteiger partial charge < -0.3 is 9.15 Å². The van der Waals surface area contributed by atoms with Gasteiger partial charge in [-0.25, -0.2) is 0 Å². The van der Waals surface area contributed by atoms with Crippen LogP contribution in [0.2, 0.25) is 0 Å². The summed E-state index contributed by atoms with van der Waals surface area (Å²) in [5, 5.41) is 9.60. The number of piperidine rings is 1. The number of hydrogen-bond donors (Lipinski definition) is 0. The minimum atomic E-state index is 0.307. The minimum absolute atomic E-state index is 0.307. The summed E-state index contributed by atoms with van der Waals surface area (Å²) in [6.45, 7) is 2.82. The maximum atomic E-state index is 5.94. The Kier molecular flexibility index (Phi) is 5.11. The molecule has 1 aliphatic heterocycles. The number of likely N-dealkylation sites (tertiary alicyclic amines) is 1. The maximum Gasteiger partial charge on any atom is 0.247 e. The van der Waals surface area contributed by atoms with Gasteiger partial charge in [0, 0.05) is 35.8 Å². The molecule has 1 aliphatic rings. The lowest BCUT2D eigenvalue weighted by molar-refractivity contribution is 0.191. The summed E-state index contributed by atoms with van der Waals surface area (Å²) < 4.78 is 11.2. The predicted octanol–water partition coefficient (Wildman–Crippen LogP) is 4.07. The van der Waals surface area contributed by atoms with Gasteiger partial charge in [0.1, 0.15) is 5.75 Å². The highest BCUT2D eigenvalue weighted by atomic mass is 16.5. The second-order valence-corrected chi connectivity index (χ2v) is 7.59. The SMILES string of the molecule is COc1ccc2nc(CN3CCC(c4nnc(-c5ccncc5)o4)CC3)ccc2c1. The second-order valence-electron chi connectivity index (χ2n) is 7.59. The molecule has 4 aromatic rings. The van der Waals surface area contributed by atoms with Crippen LogP contribution in [-0.2, 0) is 6.54 Å². The first-order valence-corrected chi connectivity index (χ1v) is 10.2. The van der Waals surface area contributed by atoms with Gasteiger partial charge in [-0.3, -0.25) is 14.9 Å². The van der Waals surface area contributed by atoms with Crippen molar-refractivity contribution in [3.8, 4) is 17.2 Å². The van der Waals surface area contributed by atoms with E-state index in [1.54, 1.807) is 19.5 Å². The second kappa shape index (κ2) is 8.20. The van der Waals surface area contributed by atoms with Crippen LogP contribution in [0, 0.1) is 0 Å². The Hall–Kier alpha value is -3.32. The molecule has 0 radical (unpaired) electrons. The van der Waals surface area contributed by atoms with Crippen LogP contribution in [0.4, 0.5) is 0 Å². The van der Waals surface area contributed by atoms with Crippen molar-refractivity contribution in [1.29, 1.82) is 0 Å². The fourth-order valence-electron chi connectivity index (χ4n) is 3.94. The molecule has 1 fully saturated rings. The molecule has 7 heteroatoms. The normalized spacial score (nSPS) is 15.5. The van der Waals surface area contributed by atoms with Crippen molar-refractivity contribution in [1.82, 2.24) is 25.1 Å². The third-order valence-corrected chi connectivity index (χ3v) is 5.64. The van der Waals surface area contributed by atoms with E-state index in [1.807, 2.05) is 30.3 Å². The Labute approximate surface area is 174 Å². The molecule has 152 valence electrons. The molecule has 3 aromatic heterocycles. The van der Waals surface area contributed by atoms with Crippen molar-refractivity contribution in [2.24, 2.45) is 0 Å². The number of benzene rings is 1. The van der Waals surface area contributed by atoms with E-state index in [0.717, 1.165) is 66.3 Å². The number of pyridine rings is 2. The van der Waals surface area contributed by atoms with Crippen LogP contribution >= 0.6 is 0 Å². The van der Waals surface area contributed by atoms with E-state index in [2.05, 4.69) is 32.2 Å². The lowest BCUT2D eigenvalue weighted by Crippen LogP contribution is -2.32. The number of methoxy groups -OCH3 is 1. The van der Waals surface area contributed by atoms with E-state index < -0.39 is 0 Å². The van der Waals surface area contributed by atoms with Crippen molar-refractivity contribution in [3.63, 3.8) is 0 Å². The van der Waals surface area contributed by atoms with Gasteiger partial charge in [-0.05, 0) is 62.3 Å². The third-order valence-electron chi connectivity index (χ3n) is 5.64. The Morgan fingerprint density at radius 1 is 1.03 bits per heavy atom. The first-order chi connectivity index (χ1) is 14.8. The quantitative estimate of drug-likeness (QED) is 0.499. The number of hydrogen-bond acceptors (Lipinski definition) is 7. The molecular weight excluding hydrogens is 378 g/mol. The van der Waals surface area contributed by atoms with E-state index in [0.29, 0.717) is 11.8 Å². The van der Waals surface area contributed by atoms with Gasteiger partial charge in [0.25, 0.3) is 0 Å². The van der Waals surface area contributed by atoms with E-state index in [1.165, 1.54) is 0 Å². The van der Waals surface area contributed by atoms with Gasteiger partial charge >= 0.3 is 0 Å². The lowest BCUT2D eigenvalue weighted by atomic mass is 9.96. The van der Waals surface area contributed by atoms with Crippen molar-refractivity contribution in [2.45, 2.75) is 25.3 Å². The molecule has 30 heavy (non-hydrogen) atoms. The highest BCUT2D eigenvalue weighted by Crippen LogP contribution is 2.30. The van der Waals surface area contributed by atoms with Gasteiger partial charge in [0.2, 0.25) is 11.8 Å². The van der Waals surface area contributed by atoms with Gasteiger partial charge in [0.05, 0.1) is 18.3 Å². The molecule has 5 rings (SSSR count). The predicted molar refractivity (Wildman–Crippen MR) is 113 cm³/mol. The molecule has 0 spiro atoms. The Balaban J connectivity index is 1.21. The molecule has 0 atom stereocenters. The van der Waals surface area contributed by atoms with Crippen LogP contribution < -0.4 is 4.74 Å². The van der Waals surface area contributed by atoms with Crippen LogP contribution in [0.1, 0.15) is 30.3 Å². The summed E-state index contributed by atoms with van der Waals surface area (Å²) in [5.41, 5.74) is 2.99. The van der Waals surface area contributed by atoms with E-state index in [-0.39, 0.29) is 0 Å². The van der Waals surface area contributed by atoms with Gasteiger partial charge in [-0.15, -0.1) is 10.2 Å². The summed E-state index contributed by atoms with van der Waals surface area (Å²) in [6, 6.07) is 14.0. The number of aromatic nitrogens is 4. The molecule has 7 nitrogen and oxygen atoms in total. The fourth-order valence-corrected chi connectivity index (χ4v) is 3.94. The third kappa shape index (κ3) is 3.89. The van der Waals surface area contributed by atoms with Crippen molar-refractivity contribution in [3.05, 3.63) is 66.4 Å². The smallest absolute Gasteiger partial charge is 0.247 e. The molecule has 0 unspecified atom stereocenters. The standard InChI is InChI=1S/C23H23N5O2/c1-29-20-4-5-21-18(14-20)2-3-19(25-21)15-28-12-8-17(9-13-28)23-27-26-22(30-23)16-6-10-24-11-7-16/h2-7,10-11,14,17H,8-9,12-13,15H2,1H3. The molecule has 0 N–H and O–H groups in total. The summed E-state index contributed by atoms with van der Waals surface area (Å²) in [6.07, 6.45) is 5.47. The topological polar surface area (TPSA) is 77.2 Å². The maximum absolute atomic E-state index is 5.94. The number of nitrogens with zero attached hydrogens (tertiary/aromatic N) is 5. The lowest BCUT2D eigenvalue weighted by Gasteiger charge is -2.30. The van der Waals surface area contributed by atoms with E-state index >= 15 is 0 Å². The Bertz CT molecular complexity index is 1140.